The Hall–Kier alpha value is -1.70. The maximum absolute atomic E-state index is 12.6. The summed E-state index contributed by atoms with van der Waals surface area (Å²) in [6, 6.07) is 11.3. The number of rotatable bonds is 5. The van der Waals surface area contributed by atoms with E-state index in [9.17, 15) is 13.2 Å². The van der Waals surface area contributed by atoms with E-state index in [1.54, 1.807) is 17.5 Å². The van der Waals surface area contributed by atoms with Crippen molar-refractivity contribution in [3.05, 3.63) is 52.9 Å². The van der Waals surface area contributed by atoms with Crippen LogP contribution in [0.25, 0.3) is 0 Å². The van der Waals surface area contributed by atoms with Crippen LogP contribution in [-0.2, 0) is 21.4 Å². The minimum Gasteiger partial charge on any atom is -0.352 e. The molecule has 5 nitrogen and oxygen atoms in total. The summed E-state index contributed by atoms with van der Waals surface area (Å²) in [5.41, 5.74) is 2.21. The van der Waals surface area contributed by atoms with Crippen molar-refractivity contribution in [3.63, 3.8) is 0 Å². The molecule has 1 unspecified atom stereocenters. The van der Waals surface area contributed by atoms with E-state index in [4.69, 9.17) is 0 Å². The van der Waals surface area contributed by atoms with Crippen LogP contribution in [-0.4, -0.2) is 31.7 Å². The first-order chi connectivity index (χ1) is 12.0. The Morgan fingerprint density at radius 3 is 2.80 bits per heavy atom. The van der Waals surface area contributed by atoms with Gasteiger partial charge in [-0.1, -0.05) is 30.3 Å². The number of aryl methyl sites for hydroxylation is 1. The molecule has 1 saturated heterocycles. The Morgan fingerprint density at radius 2 is 2.08 bits per heavy atom. The maximum atomic E-state index is 12.6. The predicted molar refractivity (Wildman–Crippen MR) is 98.8 cm³/mol. The third-order valence-electron chi connectivity index (χ3n) is 4.56. The molecule has 1 aliphatic rings. The van der Waals surface area contributed by atoms with E-state index in [1.165, 1.54) is 15.6 Å². The number of nitrogens with one attached hydrogen (secondary N) is 1. The number of sulfonamides is 1. The van der Waals surface area contributed by atoms with Crippen molar-refractivity contribution >= 4 is 27.3 Å². The van der Waals surface area contributed by atoms with Crippen LogP contribution in [0.5, 0.6) is 0 Å². The second-order valence-electron chi connectivity index (χ2n) is 6.28. The van der Waals surface area contributed by atoms with Crippen LogP contribution in [0.15, 0.2) is 46.0 Å². The summed E-state index contributed by atoms with van der Waals surface area (Å²) in [4.78, 5) is 12.5. The first-order valence-electron chi connectivity index (χ1n) is 8.34. The van der Waals surface area contributed by atoms with Crippen LogP contribution in [0.3, 0.4) is 0 Å². The van der Waals surface area contributed by atoms with Gasteiger partial charge >= 0.3 is 0 Å². The second-order valence-corrected chi connectivity index (χ2v) is 9.39. The zero-order chi connectivity index (χ0) is 17.9. The van der Waals surface area contributed by atoms with Crippen molar-refractivity contribution in [3.8, 4) is 0 Å². The fraction of sp³-hybridized carbons (Fsp3) is 0.389. The smallest absolute Gasteiger partial charge is 0.252 e. The van der Waals surface area contributed by atoms with Crippen LogP contribution in [0.1, 0.15) is 24.0 Å². The molecule has 1 atom stereocenters. The molecule has 1 amide bonds. The number of hydrogen-bond donors (Lipinski definition) is 1. The lowest BCUT2D eigenvalue weighted by atomic mass is 9.98. The van der Waals surface area contributed by atoms with Crippen LogP contribution < -0.4 is 5.32 Å². The van der Waals surface area contributed by atoms with Crippen molar-refractivity contribution < 1.29 is 13.2 Å². The average Bonchev–Trinajstić information content (AvgIpc) is 3.16. The molecule has 134 valence electrons. The number of carbonyl (C=O) groups is 1. The molecule has 0 bridgehead atoms. The molecule has 0 saturated carbocycles. The van der Waals surface area contributed by atoms with Crippen molar-refractivity contribution in [1.82, 2.24) is 9.62 Å². The monoisotopic (exact) mass is 378 g/mol. The highest BCUT2D eigenvalue weighted by atomic mass is 32.2. The summed E-state index contributed by atoms with van der Waals surface area (Å²) in [5.74, 6) is -0.373. The maximum Gasteiger partial charge on any atom is 0.252 e. The van der Waals surface area contributed by atoms with E-state index < -0.39 is 10.0 Å². The number of thiophene rings is 1. The van der Waals surface area contributed by atoms with E-state index in [0.717, 1.165) is 17.5 Å². The normalized spacial score (nSPS) is 18.8. The van der Waals surface area contributed by atoms with Gasteiger partial charge in [-0.2, -0.15) is 4.31 Å². The first-order valence-corrected chi connectivity index (χ1v) is 10.7. The molecule has 7 heteroatoms. The Kier molecular flexibility index (Phi) is 5.56. The molecule has 25 heavy (non-hydrogen) atoms. The van der Waals surface area contributed by atoms with Crippen molar-refractivity contribution in [1.29, 1.82) is 0 Å². The molecule has 2 heterocycles. The lowest BCUT2D eigenvalue weighted by Gasteiger charge is -2.30. The van der Waals surface area contributed by atoms with Crippen LogP contribution in [0.2, 0.25) is 0 Å². The standard InChI is InChI=1S/C18H22N2O3S2/c1-14-6-2-3-7-15(14)12-19-18(21)16-8-4-10-20(13-16)25(22,23)17-9-5-11-24-17/h2-3,5-7,9,11,16H,4,8,10,12-13H2,1H3,(H,19,21). The molecule has 0 spiro atoms. The summed E-state index contributed by atoms with van der Waals surface area (Å²) in [5, 5.41) is 4.71. The van der Waals surface area contributed by atoms with Gasteiger partial charge in [0.05, 0.1) is 5.92 Å². The quantitative estimate of drug-likeness (QED) is 0.870. The van der Waals surface area contributed by atoms with E-state index in [-0.39, 0.29) is 18.4 Å². The third-order valence-corrected chi connectivity index (χ3v) is 7.80. The Labute approximate surface area is 152 Å². The second kappa shape index (κ2) is 7.68. The SMILES string of the molecule is Cc1ccccc1CNC(=O)C1CCCN(S(=O)(=O)c2cccs2)C1. The Morgan fingerprint density at radius 1 is 1.28 bits per heavy atom. The number of benzene rings is 1. The van der Waals surface area contributed by atoms with Gasteiger partial charge in [0.15, 0.2) is 0 Å². The van der Waals surface area contributed by atoms with Gasteiger partial charge in [0.2, 0.25) is 5.91 Å². The molecule has 1 aromatic heterocycles. The number of piperidine rings is 1. The lowest BCUT2D eigenvalue weighted by molar-refractivity contribution is -0.126. The molecule has 0 radical (unpaired) electrons. The van der Waals surface area contributed by atoms with Gasteiger partial charge in [-0.05, 0) is 42.3 Å². The number of hydrogen-bond acceptors (Lipinski definition) is 4. The number of nitrogens with zero attached hydrogens (tertiary/aromatic N) is 1. The summed E-state index contributed by atoms with van der Waals surface area (Å²) in [7, 11) is -3.49. The van der Waals surface area contributed by atoms with Crippen LogP contribution in [0.4, 0.5) is 0 Å². The van der Waals surface area contributed by atoms with Gasteiger partial charge < -0.3 is 5.32 Å². The minimum absolute atomic E-state index is 0.0747. The predicted octanol–water partition coefficient (Wildman–Crippen LogP) is 2.77. The fourth-order valence-electron chi connectivity index (χ4n) is 3.05. The zero-order valence-corrected chi connectivity index (χ0v) is 15.8. The Balaban J connectivity index is 1.63. The van der Waals surface area contributed by atoms with Gasteiger partial charge in [0.25, 0.3) is 10.0 Å². The molecule has 1 fully saturated rings. The van der Waals surface area contributed by atoms with Gasteiger partial charge in [0.1, 0.15) is 4.21 Å². The van der Waals surface area contributed by atoms with Gasteiger partial charge in [0, 0.05) is 19.6 Å². The molecule has 1 N–H and O–H groups in total. The van der Waals surface area contributed by atoms with E-state index in [1.807, 2.05) is 31.2 Å². The summed E-state index contributed by atoms with van der Waals surface area (Å²) < 4.78 is 27.1. The minimum atomic E-state index is -3.49. The number of amides is 1. The van der Waals surface area contributed by atoms with Crippen molar-refractivity contribution in [2.75, 3.05) is 13.1 Å². The molecule has 3 rings (SSSR count). The highest BCUT2D eigenvalue weighted by Crippen LogP contribution is 2.26. The highest BCUT2D eigenvalue weighted by Gasteiger charge is 2.33. The van der Waals surface area contributed by atoms with E-state index >= 15 is 0 Å². The van der Waals surface area contributed by atoms with Gasteiger partial charge in [-0.15, -0.1) is 11.3 Å². The summed E-state index contributed by atoms with van der Waals surface area (Å²) in [6.45, 7) is 3.21. The zero-order valence-electron chi connectivity index (χ0n) is 14.1. The van der Waals surface area contributed by atoms with E-state index in [2.05, 4.69) is 5.32 Å². The Bertz CT molecular complexity index is 832. The molecule has 2 aromatic rings. The van der Waals surface area contributed by atoms with Crippen LogP contribution in [0, 0.1) is 12.8 Å². The molecule has 1 aromatic carbocycles. The topological polar surface area (TPSA) is 66.5 Å². The summed E-state index contributed by atoms with van der Waals surface area (Å²) >= 11 is 1.21. The number of carbonyl (C=O) groups excluding carboxylic acids is 1. The summed E-state index contributed by atoms with van der Waals surface area (Å²) in [6.07, 6.45) is 1.42. The highest BCUT2D eigenvalue weighted by molar-refractivity contribution is 7.91. The van der Waals surface area contributed by atoms with E-state index in [0.29, 0.717) is 23.7 Å². The molecule has 1 aliphatic heterocycles. The lowest BCUT2D eigenvalue weighted by Crippen LogP contribution is -2.45. The first kappa shape index (κ1) is 18.1. The molecule has 0 aliphatic carbocycles. The van der Waals surface area contributed by atoms with Crippen molar-refractivity contribution in [2.45, 2.75) is 30.5 Å². The fourth-order valence-corrected chi connectivity index (χ4v) is 5.72. The third kappa shape index (κ3) is 4.11. The average molecular weight is 379 g/mol. The van der Waals surface area contributed by atoms with Crippen molar-refractivity contribution in [2.24, 2.45) is 5.92 Å². The molecular weight excluding hydrogens is 356 g/mol. The van der Waals surface area contributed by atoms with Crippen LogP contribution >= 0.6 is 11.3 Å². The molecular formula is C18H22N2O3S2. The van der Waals surface area contributed by atoms with Gasteiger partial charge in [-0.3, -0.25) is 4.79 Å². The van der Waals surface area contributed by atoms with Gasteiger partial charge in [-0.25, -0.2) is 8.42 Å². The largest absolute Gasteiger partial charge is 0.352 e.